The first-order chi connectivity index (χ1) is 6.69. The lowest BCUT2D eigenvalue weighted by atomic mass is 10.2. The van der Waals surface area contributed by atoms with Gasteiger partial charge in [0.15, 0.2) is 0 Å². The number of rotatable bonds is 4. The minimum atomic E-state index is 0.330. The summed E-state index contributed by atoms with van der Waals surface area (Å²) in [5.74, 6) is 1.40. The van der Waals surface area contributed by atoms with Crippen LogP contribution in [0.2, 0.25) is 0 Å². The predicted octanol–water partition coefficient (Wildman–Crippen LogP) is 1.73. The standard InChI is InChI=1S/C10H13NO2S/c1-3-13-9-6-7(12-2)4-5-8(9)10(11)14/h4-6H,3H2,1-2H3,(H2,11,14). The molecule has 0 spiro atoms. The molecule has 0 aliphatic carbocycles. The van der Waals surface area contributed by atoms with Gasteiger partial charge in [-0.2, -0.15) is 0 Å². The fourth-order valence-corrected chi connectivity index (χ4v) is 1.28. The van der Waals surface area contributed by atoms with Crippen LogP contribution in [-0.4, -0.2) is 18.7 Å². The molecule has 0 bridgehead atoms. The lowest BCUT2D eigenvalue weighted by molar-refractivity contribution is 0.335. The van der Waals surface area contributed by atoms with E-state index < -0.39 is 0 Å². The average molecular weight is 211 g/mol. The largest absolute Gasteiger partial charge is 0.497 e. The SMILES string of the molecule is CCOc1cc(OC)ccc1C(N)=S. The molecular formula is C10H13NO2S. The molecule has 3 nitrogen and oxygen atoms in total. The minimum absolute atomic E-state index is 0.330. The molecule has 0 amide bonds. The Morgan fingerprint density at radius 3 is 2.71 bits per heavy atom. The number of thiocarbonyl (C=S) groups is 1. The van der Waals surface area contributed by atoms with E-state index >= 15 is 0 Å². The molecule has 0 unspecified atom stereocenters. The first kappa shape index (κ1) is 10.8. The van der Waals surface area contributed by atoms with Gasteiger partial charge in [0.05, 0.1) is 19.3 Å². The highest BCUT2D eigenvalue weighted by molar-refractivity contribution is 7.80. The molecule has 0 saturated heterocycles. The summed E-state index contributed by atoms with van der Waals surface area (Å²) in [6, 6.07) is 5.38. The molecule has 4 heteroatoms. The van der Waals surface area contributed by atoms with Crippen LogP contribution in [0.15, 0.2) is 18.2 Å². The molecule has 0 fully saturated rings. The zero-order chi connectivity index (χ0) is 10.6. The average Bonchev–Trinajstić information content (AvgIpc) is 2.17. The van der Waals surface area contributed by atoms with Gasteiger partial charge in [-0.1, -0.05) is 12.2 Å². The topological polar surface area (TPSA) is 44.5 Å². The maximum Gasteiger partial charge on any atom is 0.133 e. The lowest BCUT2D eigenvalue weighted by Gasteiger charge is -2.10. The maximum atomic E-state index is 5.55. The van der Waals surface area contributed by atoms with Crippen molar-refractivity contribution in [3.05, 3.63) is 23.8 Å². The number of hydrogen-bond acceptors (Lipinski definition) is 3. The van der Waals surface area contributed by atoms with E-state index in [-0.39, 0.29) is 0 Å². The van der Waals surface area contributed by atoms with Crippen molar-refractivity contribution in [3.8, 4) is 11.5 Å². The van der Waals surface area contributed by atoms with Gasteiger partial charge >= 0.3 is 0 Å². The van der Waals surface area contributed by atoms with Crippen LogP contribution in [-0.2, 0) is 0 Å². The molecule has 14 heavy (non-hydrogen) atoms. The van der Waals surface area contributed by atoms with Crippen molar-refractivity contribution >= 4 is 17.2 Å². The second-order valence-electron chi connectivity index (χ2n) is 2.66. The number of nitrogens with two attached hydrogens (primary N) is 1. The number of benzene rings is 1. The Bertz CT molecular complexity index is 339. The third-order valence-corrected chi connectivity index (χ3v) is 1.97. The Morgan fingerprint density at radius 2 is 2.21 bits per heavy atom. The van der Waals surface area contributed by atoms with Crippen LogP contribution in [0, 0.1) is 0 Å². The van der Waals surface area contributed by atoms with E-state index in [1.54, 1.807) is 25.3 Å². The zero-order valence-electron chi connectivity index (χ0n) is 8.24. The van der Waals surface area contributed by atoms with Gasteiger partial charge in [0, 0.05) is 6.07 Å². The predicted molar refractivity (Wildman–Crippen MR) is 60.1 cm³/mol. The highest BCUT2D eigenvalue weighted by Crippen LogP contribution is 2.24. The zero-order valence-corrected chi connectivity index (χ0v) is 9.06. The van der Waals surface area contributed by atoms with Gasteiger partial charge in [-0.05, 0) is 19.1 Å². The lowest BCUT2D eigenvalue weighted by Crippen LogP contribution is -2.11. The molecule has 0 radical (unpaired) electrons. The Labute approximate surface area is 88.8 Å². The monoisotopic (exact) mass is 211 g/mol. The fourth-order valence-electron chi connectivity index (χ4n) is 1.11. The molecule has 0 heterocycles. The van der Waals surface area contributed by atoms with Crippen LogP contribution in [0.5, 0.6) is 11.5 Å². The van der Waals surface area contributed by atoms with Gasteiger partial charge in [-0.15, -0.1) is 0 Å². The van der Waals surface area contributed by atoms with E-state index in [1.807, 2.05) is 6.92 Å². The van der Waals surface area contributed by atoms with E-state index in [1.165, 1.54) is 0 Å². The van der Waals surface area contributed by atoms with Crippen molar-refractivity contribution in [1.29, 1.82) is 0 Å². The minimum Gasteiger partial charge on any atom is -0.497 e. The third-order valence-electron chi connectivity index (χ3n) is 1.75. The Balaban J connectivity index is 3.10. The van der Waals surface area contributed by atoms with E-state index in [4.69, 9.17) is 27.4 Å². The summed E-state index contributed by atoms with van der Waals surface area (Å²) in [5.41, 5.74) is 6.29. The van der Waals surface area contributed by atoms with Gasteiger partial charge in [-0.3, -0.25) is 0 Å². The van der Waals surface area contributed by atoms with Crippen LogP contribution in [0.3, 0.4) is 0 Å². The fraction of sp³-hybridized carbons (Fsp3) is 0.300. The van der Waals surface area contributed by atoms with Crippen molar-refractivity contribution in [2.45, 2.75) is 6.92 Å². The third kappa shape index (κ3) is 2.35. The highest BCUT2D eigenvalue weighted by Gasteiger charge is 2.07. The van der Waals surface area contributed by atoms with Crippen molar-refractivity contribution in [2.75, 3.05) is 13.7 Å². The van der Waals surface area contributed by atoms with Crippen LogP contribution in [0.1, 0.15) is 12.5 Å². The van der Waals surface area contributed by atoms with Crippen LogP contribution in [0.4, 0.5) is 0 Å². The van der Waals surface area contributed by atoms with Gasteiger partial charge in [0.25, 0.3) is 0 Å². The summed E-state index contributed by atoms with van der Waals surface area (Å²) in [7, 11) is 1.60. The van der Waals surface area contributed by atoms with E-state index in [0.29, 0.717) is 17.3 Å². The molecule has 0 aliphatic heterocycles. The van der Waals surface area contributed by atoms with Gasteiger partial charge in [-0.25, -0.2) is 0 Å². The van der Waals surface area contributed by atoms with Gasteiger partial charge in [0.1, 0.15) is 16.5 Å². The van der Waals surface area contributed by atoms with Gasteiger partial charge in [0.2, 0.25) is 0 Å². The summed E-state index contributed by atoms with van der Waals surface area (Å²) >= 11 is 4.90. The Kier molecular flexibility index (Phi) is 3.71. The first-order valence-corrected chi connectivity index (χ1v) is 4.70. The molecule has 2 N–H and O–H groups in total. The molecule has 76 valence electrons. The summed E-state index contributed by atoms with van der Waals surface area (Å²) in [4.78, 5) is 0.330. The Morgan fingerprint density at radius 1 is 1.50 bits per heavy atom. The molecular weight excluding hydrogens is 198 g/mol. The van der Waals surface area contributed by atoms with Crippen LogP contribution >= 0.6 is 12.2 Å². The highest BCUT2D eigenvalue weighted by atomic mass is 32.1. The second kappa shape index (κ2) is 4.81. The first-order valence-electron chi connectivity index (χ1n) is 4.29. The number of hydrogen-bond donors (Lipinski definition) is 1. The van der Waals surface area contributed by atoms with Crippen LogP contribution < -0.4 is 15.2 Å². The molecule has 1 aromatic rings. The Hall–Kier alpha value is -1.29. The van der Waals surface area contributed by atoms with Crippen molar-refractivity contribution < 1.29 is 9.47 Å². The smallest absolute Gasteiger partial charge is 0.133 e. The summed E-state index contributed by atoms with van der Waals surface area (Å²) in [6.45, 7) is 2.48. The molecule has 1 rings (SSSR count). The molecule has 0 atom stereocenters. The summed E-state index contributed by atoms with van der Waals surface area (Å²) in [5, 5.41) is 0. The van der Waals surface area contributed by atoms with Crippen molar-refractivity contribution in [3.63, 3.8) is 0 Å². The normalized spacial score (nSPS) is 9.57. The molecule has 1 aromatic carbocycles. The molecule has 0 aromatic heterocycles. The van der Waals surface area contributed by atoms with Crippen LogP contribution in [0.25, 0.3) is 0 Å². The van der Waals surface area contributed by atoms with Crippen molar-refractivity contribution in [1.82, 2.24) is 0 Å². The van der Waals surface area contributed by atoms with E-state index in [2.05, 4.69) is 0 Å². The van der Waals surface area contributed by atoms with E-state index in [9.17, 15) is 0 Å². The molecule has 0 saturated carbocycles. The van der Waals surface area contributed by atoms with Gasteiger partial charge < -0.3 is 15.2 Å². The van der Waals surface area contributed by atoms with Crippen molar-refractivity contribution in [2.24, 2.45) is 5.73 Å². The number of ether oxygens (including phenoxy) is 2. The summed E-state index contributed by atoms with van der Waals surface area (Å²) in [6.07, 6.45) is 0. The molecule has 0 aliphatic rings. The second-order valence-corrected chi connectivity index (χ2v) is 3.10. The number of methoxy groups -OCH3 is 1. The van der Waals surface area contributed by atoms with E-state index in [0.717, 1.165) is 11.3 Å². The summed E-state index contributed by atoms with van der Waals surface area (Å²) < 4.78 is 10.5. The maximum absolute atomic E-state index is 5.55. The quantitative estimate of drug-likeness (QED) is 0.770.